The fourth-order valence-corrected chi connectivity index (χ4v) is 2.36. The van der Waals surface area contributed by atoms with Gasteiger partial charge in [-0.2, -0.15) is 0 Å². The molecule has 0 fully saturated rings. The van der Waals surface area contributed by atoms with Crippen molar-refractivity contribution in [2.24, 2.45) is 5.84 Å². The molecule has 1 aromatic carbocycles. The third-order valence-electron chi connectivity index (χ3n) is 2.86. The zero-order chi connectivity index (χ0) is 13.9. The highest BCUT2D eigenvalue weighted by molar-refractivity contribution is 7.91. The number of rotatable bonds is 5. The summed E-state index contributed by atoms with van der Waals surface area (Å²) in [7, 11) is -1.93. The van der Waals surface area contributed by atoms with Crippen LogP contribution in [0.2, 0.25) is 0 Å². The SMILES string of the molecule is COc1ccc(C(NN)C(C)S(C)(=O)=O)cc1F. The third-order valence-corrected chi connectivity index (χ3v) is 4.48. The number of hydrogen-bond acceptors (Lipinski definition) is 5. The molecule has 7 heteroatoms. The number of benzene rings is 1. The van der Waals surface area contributed by atoms with E-state index in [-0.39, 0.29) is 5.75 Å². The number of hydrazine groups is 1. The van der Waals surface area contributed by atoms with Gasteiger partial charge in [0, 0.05) is 6.26 Å². The highest BCUT2D eigenvalue weighted by Gasteiger charge is 2.27. The predicted octanol–water partition coefficient (Wildman–Crippen LogP) is 0.772. The van der Waals surface area contributed by atoms with Crippen molar-refractivity contribution in [1.29, 1.82) is 0 Å². The Morgan fingerprint density at radius 3 is 2.44 bits per heavy atom. The second-order valence-electron chi connectivity index (χ2n) is 4.07. The maximum absolute atomic E-state index is 13.6. The molecule has 0 aliphatic carbocycles. The van der Waals surface area contributed by atoms with E-state index in [1.807, 2.05) is 0 Å². The van der Waals surface area contributed by atoms with Crippen molar-refractivity contribution in [3.63, 3.8) is 0 Å². The zero-order valence-electron chi connectivity index (χ0n) is 10.5. The lowest BCUT2D eigenvalue weighted by atomic mass is 10.0. The fourth-order valence-electron chi connectivity index (χ4n) is 1.63. The van der Waals surface area contributed by atoms with Crippen LogP contribution in [-0.2, 0) is 9.84 Å². The minimum Gasteiger partial charge on any atom is -0.494 e. The van der Waals surface area contributed by atoms with Gasteiger partial charge in [0.2, 0.25) is 0 Å². The highest BCUT2D eigenvalue weighted by atomic mass is 32.2. The van der Waals surface area contributed by atoms with Crippen LogP contribution in [0.3, 0.4) is 0 Å². The average molecular weight is 276 g/mol. The van der Waals surface area contributed by atoms with Crippen molar-refractivity contribution in [1.82, 2.24) is 5.43 Å². The first-order chi connectivity index (χ1) is 8.31. The number of halogens is 1. The lowest BCUT2D eigenvalue weighted by Crippen LogP contribution is -2.38. The predicted molar refractivity (Wildman–Crippen MR) is 67.3 cm³/mol. The van der Waals surface area contributed by atoms with Crippen molar-refractivity contribution < 1.29 is 17.5 Å². The van der Waals surface area contributed by atoms with E-state index in [4.69, 9.17) is 10.6 Å². The molecule has 102 valence electrons. The van der Waals surface area contributed by atoms with Gasteiger partial charge in [0.05, 0.1) is 18.4 Å². The maximum atomic E-state index is 13.6. The molecule has 0 bridgehead atoms. The maximum Gasteiger partial charge on any atom is 0.165 e. The molecule has 18 heavy (non-hydrogen) atoms. The summed E-state index contributed by atoms with van der Waals surface area (Å²) in [5.74, 6) is 4.89. The minimum absolute atomic E-state index is 0.0986. The molecule has 0 radical (unpaired) electrons. The topological polar surface area (TPSA) is 81.4 Å². The van der Waals surface area contributed by atoms with Gasteiger partial charge in [-0.15, -0.1) is 0 Å². The number of sulfone groups is 1. The number of nitrogens with one attached hydrogen (secondary N) is 1. The highest BCUT2D eigenvalue weighted by Crippen LogP contribution is 2.25. The lowest BCUT2D eigenvalue weighted by Gasteiger charge is -2.22. The molecule has 2 atom stereocenters. The van der Waals surface area contributed by atoms with E-state index in [2.05, 4.69) is 5.43 Å². The van der Waals surface area contributed by atoms with Crippen LogP contribution in [0.1, 0.15) is 18.5 Å². The second-order valence-corrected chi connectivity index (χ2v) is 6.48. The van der Waals surface area contributed by atoms with Crippen LogP contribution >= 0.6 is 0 Å². The van der Waals surface area contributed by atoms with Crippen LogP contribution in [0.15, 0.2) is 18.2 Å². The summed E-state index contributed by atoms with van der Waals surface area (Å²) in [5, 5.41) is -0.768. The first kappa shape index (κ1) is 14.9. The average Bonchev–Trinajstić information content (AvgIpc) is 2.29. The molecule has 0 spiro atoms. The minimum atomic E-state index is -3.29. The van der Waals surface area contributed by atoms with Crippen LogP contribution in [0.5, 0.6) is 5.75 Å². The Bertz CT molecular complexity index is 519. The molecule has 1 rings (SSSR count). The summed E-state index contributed by atoms with van der Waals surface area (Å²) in [6.07, 6.45) is 1.11. The smallest absolute Gasteiger partial charge is 0.165 e. The molecule has 0 amide bonds. The molecule has 0 saturated heterocycles. The van der Waals surface area contributed by atoms with Crippen molar-refractivity contribution in [2.75, 3.05) is 13.4 Å². The second kappa shape index (κ2) is 5.64. The molecule has 0 heterocycles. The van der Waals surface area contributed by atoms with E-state index in [0.717, 1.165) is 6.26 Å². The van der Waals surface area contributed by atoms with Crippen LogP contribution in [-0.4, -0.2) is 27.0 Å². The Labute approximate surface area is 106 Å². The standard InChI is InChI=1S/C11H17FN2O3S/c1-7(18(3,15)16)11(14-13)8-4-5-10(17-2)9(12)6-8/h4-7,11,14H,13H2,1-3H3. The van der Waals surface area contributed by atoms with E-state index in [1.165, 1.54) is 26.2 Å². The Balaban J connectivity index is 3.14. The third kappa shape index (κ3) is 3.18. The summed E-state index contributed by atoms with van der Waals surface area (Å²) in [6, 6.07) is 3.55. The summed E-state index contributed by atoms with van der Waals surface area (Å²) in [5.41, 5.74) is 2.86. The number of ether oxygens (including phenoxy) is 1. The van der Waals surface area contributed by atoms with Gasteiger partial charge in [-0.05, 0) is 24.6 Å². The molecule has 2 unspecified atom stereocenters. The normalized spacial score (nSPS) is 15.2. The van der Waals surface area contributed by atoms with Gasteiger partial charge in [-0.1, -0.05) is 6.07 Å². The summed E-state index contributed by atoms with van der Waals surface area (Å²) in [4.78, 5) is 0. The summed E-state index contributed by atoms with van der Waals surface area (Å²) in [6.45, 7) is 1.52. The van der Waals surface area contributed by atoms with Gasteiger partial charge >= 0.3 is 0 Å². The largest absolute Gasteiger partial charge is 0.494 e. The molecular weight excluding hydrogens is 259 g/mol. The summed E-state index contributed by atoms with van der Waals surface area (Å²) < 4.78 is 41.4. The van der Waals surface area contributed by atoms with Gasteiger partial charge in [0.15, 0.2) is 21.4 Å². The van der Waals surface area contributed by atoms with E-state index >= 15 is 0 Å². The summed E-state index contributed by atoms with van der Waals surface area (Å²) >= 11 is 0. The first-order valence-corrected chi connectivity index (χ1v) is 7.25. The van der Waals surface area contributed by atoms with Gasteiger partial charge < -0.3 is 4.74 Å². The van der Waals surface area contributed by atoms with E-state index in [9.17, 15) is 12.8 Å². The molecule has 1 aromatic rings. The molecular formula is C11H17FN2O3S. The van der Waals surface area contributed by atoms with Crippen molar-refractivity contribution in [2.45, 2.75) is 18.2 Å². The van der Waals surface area contributed by atoms with Gasteiger partial charge in [-0.25, -0.2) is 12.8 Å². The first-order valence-electron chi connectivity index (χ1n) is 5.29. The Morgan fingerprint density at radius 1 is 1.44 bits per heavy atom. The quantitative estimate of drug-likeness (QED) is 0.613. The van der Waals surface area contributed by atoms with E-state index in [1.54, 1.807) is 6.07 Å². The number of hydrogen-bond donors (Lipinski definition) is 2. The Hall–Kier alpha value is -1.18. The van der Waals surface area contributed by atoms with Crippen molar-refractivity contribution in [3.05, 3.63) is 29.6 Å². The van der Waals surface area contributed by atoms with Crippen molar-refractivity contribution >= 4 is 9.84 Å². The molecule has 0 aliphatic heterocycles. The van der Waals surface area contributed by atoms with Crippen LogP contribution < -0.4 is 16.0 Å². The Morgan fingerprint density at radius 2 is 2.06 bits per heavy atom. The molecule has 0 saturated carbocycles. The molecule has 5 nitrogen and oxygen atoms in total. The van der Waals surface area contributed by atoms with Crippen LogP contribution in [0.25, 0.3) is 0 Å². The van der Waals surface area contributed by atoms with E-state index < -0.39 is 26.9 Å². The number of methoxy groups -OCH3 is 1. The van der Waals surface area contributed by atoms with Crippen LogP contribution in [0, 0.1) is 5.82 Å². The van der Waals surface area contributed by atoms with E-state index in [0.29, 0.717) is 5.56 Å². The monoisotopic (exact) mass is 276 g/mol. The fraction of sp³-hybridized carbons (Fsp3) is 0.455. The van der Waals surface area contributed by atoms with Gasteiger partial charge in [0.25, 0.3) is 0 Å². The molecule has 0 aliphatic rings. The molecule has 0 aromatic heterocycles. The van der Waals surface area contributed by atoms with Crippen LogP contribution in [0.4, 0.5) is 4.39 Å². The molecule has 3 N–H and O–H groups in total. The lowest BCUT2D eigenvalue weighted by molar-refractivity contribution is 0.385. The van der Waals surface area contributed by atoms with Crippen molar-refractivity contribution in [3.8, 4) is 5.75 Å². The van der Waals surface area contributed by atoms with Gasteiger partial charge in [-0.3, -0.25) is 11.3 Å². The Kier molecular flexibility index (Phi) is 4.66. The van der Waals surface area contributed by atoms with Gasteiger partial charge in [0.1, 0.15) is 0 Å². The zero-order valence-corrected chi connectivity index (χ0v) is 11.3. The number of nitrogens with two attached hydrogens (primary N) is 1.